The molecule has 0 spiro atoms. The molecule has 0 saturated carbocycles. The van der Waals surface area contributed by atoms with E-state index in [-0.39, 0.29) is 6.61 Å². The number of aliphatic hydroxyl groups excluding tert-OH is 1. The molecule has 0 aliphatic rings. The summed E-state index contributed by atoms with van der Waals surface area (Å²) in [4.78, 5) is 2.23. The summed E-state index contributed by atoms with van der Waals surface area (Å²) in [6.45, 7) is 4.77. The first-order valence-electron chi connectivity index (χ1n) is 6.90. The van der Waals surface area contributed by atoms with Gasteiger partial charge in [0.1, 0.15) is 0 Å². The van der Waals surface area contributed by atoms with Crippen LogP contribution in [0.3, 0.4) is 0 Å². The van der Waals surface area contributed by atoms with Crippen LogP contribution in [0.5, 0.6) is 0 Å². The fourth-order valence-corrected chi connectivity index (χ4v) is 2.35. The molecule has 2 nitrogen and oxygen atoms in total. The van der Waals surface area contributed by atoms with Gasteiger partial charge < -0.3 is 10.0 Å². The number of hydrogen-bond donors (Lipinski definition) is 1. The predicted octanol–water partition coefficient (Wildman–Crippen LogP) is 3.26. The minimum Gasteiger partial charge on any atom is -0.396 e. The lowest BCUT2D eigenvalue weighted by atomic mass is 9.97. The summed E-state index contributed by atoms with van der Waals surface area (Å²) in [5.74, 6) is 0.704. The van der Waals surface area contributed by atoms with Crippen LogP contribution >= 0.6 is 0 Å². The van der Waals surface area contributed by atoms with Crippen LogP contribution in [-0.4, -0.2) is 30.7 Å². The van der Waals surface area contributed by atoms with Gasteiger partial charge in [-0.3, -0.25) is 0 Å². The number of aliphatic hydroxyl groups is 1. The molecular formula is C16H27NO. The zero-order valence-electron chi connectivity index (χ0n) is 12.2. The Morgan fingerprint density at radius 2 is 1.72 bits per heavy atom. The SMILES string of the molecule is CC(C)Cc1ccc(C(CCCO)N(C)C)cc1. The molecule has 0 aliphatic carbocycles. The molecule has 0 fully saturated rings. The summed E-state index contributed by atoms with van der Waals surface area (Å²) >= 11 is 0. The van der Waals surface area contributed by atoms with Gasteiger partial charge in [0.25, 0.3) is 0 Å². The summed E-state index contributed by atoms with van der Waals surface area (Å²) in [7, 11) is 4.20. The fraction of sp³-hybridized carbons (Fsp3) is 0.625. The molecule has 0 amide bonds. The summed E-state index contributed by atoms with van der Waals surface area (Å²) in [5, 5.41) is 8.97. The van der Waals surface area contributed by atoms with Gasteiger partial charge >= 0.3 is 0 Å². The molecule has 1 atom stereocenters. The third kappa shape index (κ3) is 4.79. The van der Waals surface area contributed by atoms with Crippen LogP contribution in [-0.2, 0) is 6.42 Å². The van der Waals surface area contributed by atoms with Crippen molar-refractivity contribution in [3.8, 4) is 0 Å². The van der Waals surface area contributed by atoms with Gasteiger partial charge in [-0.2, -0.15) is 0 Å². The molecule has 1 rings (SSSR count). The Hall–Kier alpha value is -0.860. The Labute approximate surface area is 112 Å². The summed E-state index contributed by atoms with van der Waals surface area (Å²) in [5.41, 5.74) is 2.76. The van der Waals surface area contributed by atoms with E-state index in [1.165, 1.54) is 11.1 Å². The average molecular weight is 249 g/mol. The largest absolute Gasteiger partial charge is 0.396 e. The Bertz CT molecular complexity index is 329. The van der Waals surface area contributed by atoms with E-state index in [1.54, 1.807) is 0 Å². The molecule has 102 valence electrons. The van der Waals surface area contributed by atoms with Crippen LogP contribution < -0.4 is 0 Å². The minimum absolute atomic E-state index is 0.274. The second kappa shape index (κ2) is 7.55. The second-order valence-corrected chi connectivity index (χ2v) is 5.68. The number of rotatable bonds is 7. The standard InChI is InChI=1S/C16H27NO/c1-13(2)12-14-7-9-15(10-8-14)16(17(3)4)6-5-11-18/h7-10,13,16,18H,5-6,11-12H2,1-4H3. The Morgan fingerprint density at radius 1 is 1.11 bits per heavy atom. The molecule has 2 heteroatoms. The van der Waals surface area contributed by atoms with Gasteiger partial charge in [0.2, 0.25) is 0 Å². The van der Waals surface area contributed by atoms with Crippen LogP contribution in [0.2, 0.25) is 0 Å². The van der Waals surface area contributed by atoms with E-state index < -0.39 is 0 Å². The fourth-order valence-electron chi connectivity index (χ4n) is 2.35. The van der Waals surface area contributed by atoms with Gasteiger partial charge in [0, 0.05) is 12.6 Å². The van der Waals surface area contributed by atoms with Crippen molar-refractivity contribution in [2.24, 2.45) is 5.92 Å². The van der Waals surface area contributed by atoms with E-state index in [1.807, 2.05) is 0 Å². The van der Waals surface area contributed by atoms with Crippen molar-refractivity contribution in [2.45, 2.75) is 39.2 Å². The highest BCUT2D eigenvalue weighted by Crippen LogP contribution is 2.24. The first kappa shape index (κ1) is 15.2. The van der Waals surface area contributed by atoms with Crippen LogP contribution in [0.15, 0.2) is 24.3 Å². The molecule has 0 saturated heterocycles. The van der Waals surface area contributed by atoms with Crippen LogP contribution in [0, 0.1) is 5.92 Å². The third-order valence-electron chi connectivity index (χ3n) is 3.27. The van der Waals surface area contributed by atoms with Gasteiger partial charge in [-0.1, -0.05) is 38.1 Å². The zero-order valence-corrected chi connectivity index (χ0v) is 12.2. The molecule has 18 heavy (non-hydrogen) atoms. The average Bonchev–Trinajstić information content (AvgIpc) is 2.30. The Kier molecular flexibility index (Phi) is 6.37. The van der Waals surface area contributed by atoms with Gasteiger partial charge in [0.15, 0.2) is 0 Å². The van der Waals surface area contributed by atoms with E-state index in [0.717, 1.165) is 19.3 Å². The number of hydrogen-bond acceptors (Lipinski definition) is 2. The Morgan fingerprint density at radius 3 is 2.17 bits per heavy atom. The summed E-state index contributed by atoms with van der Waals surface area (Å²) in [6.07, 6.45) is 3.01. The maximum atomic E-state index is 8.97. The third-order valence-corrected chi connectivity index (χ3v) is 3.27. The highest BCUT2D eigenvalue weighted by atomic mass is 16.2. The summed E-state index contributed by atoms with van der Waals surface area (Å²) < 4.78 is 0. The van der Waals surface area contributed by atoms with Crippen molar-refractivity contribution in [3.63, 3.8) is 0 Å². The molecule has 1 unspecified atom stereocenters. The van der Waals surface area contributed by atoms with E-state index in [0.29, 0.717) is 12.0 Å². The molecule has 0 aliphatic heterocycles. The smallest absolute Gasteiger partial charge is 0.0431 e. The molecule has 0 aromatic heterocycles. The van der Waals surface area contributed by atoms with E-state index in [2.05, 4.69) is 57.1 Å². The van der Waals surface area contributed by atoms with E-state index >= 15 is 0 Å². The van der Waals surface area contributed by atoms with Crippen molar-refractivity contribution in [1.29, 1.82) is 0 Å². The van der Waals surface area contributed by atoms with Gasteiger partial charge in [0.05, 0.1) is 0 Å². The van der Waals surface area contributed by atoms with Crippen LogP contribution in [0.4, 0.5) is 0 Å². The van der Waals surface area contributed by atoms with E-state index in [9.17, 15) is 0 Å². The maximum Gasteiger partial charge on any atom is 0.0431 e. The molecule has 1 aromatic rings. The Balaban J connectivity index is 2.73. The highest BCUT2D eigenvalue weighted by molar-refractivity contribution is 5.25. The molecular weight excluding hydrogens is 222 g/mol. The lowest BCUT2D eigenvalue weighted by Gasteiger charge is -2.24. The number of nitrogens with zero attached hydrogens (tertiary/aromatic N) is 1. The first-order chi connectivity index (χ1) is 8.54. The number of benzene rings is 1. The normalized spacial score (nSPS) is 13.3. The molecule has 0 heterocycles. The minimum atomic E-state index is 0.274. The monoisotopic (exact) mass is 249 g/mol. The van der Waals surface area contributed by atoms with Gasteiger partial charge in [-0.15, -0.1) is 0 Å². The summed E-state index contributed by atoms with van der Waals surface area (Å²) in [6, 6.07) is 9.36. The quantitative estimate of drug-likeness (QED) is 0.802. The van der Waals surface area contributed by atoms with Crippen LogP contribution in [0.1, 0.15) is 43.9 Å². The van der Waals surface area contributed by atoms with Crippen molar-refractivity contribution in [1.82, 2.24) is 4.90 Å². The molecule has 0 radical (unpaired) electrons. The predicted molar refractivity (Wildman–Crippen MR) is 77.7 cm³/mol. The van der Waals surface area contributed by atoms with Crippen molar-refractivity contribution < 1.29 is 5.11 Å². The molecule has 1 N–H and O–H groups in total. The van der Waals surface area contributed by atoms with Gasteiger partial charge in [-0.25, -0.2) is 0 Å². The topological polar surface area (TPSA) is 23.5 Å². The molecule has 0 bridgehead atoms. The maximum absolute atomic E-state index is 8.97. The van der Waals surface area contributed by atoms with Crippen LogP contribution in [0.25, 0.3) is 0 Å². The first-order valence-corrected chi connectivity index (χ1v) is 6.90. The molecule has 1 aromatic carbocycles. The lowest BCUT2D eigenvalue weighted by molar-refractivity contribution is 0.235. The van der Waals surface area contributed by atoms with Crippen molar-refractivity contribution in [2.75, 3.05) is 20.7 Å². The van der Waals surface area contributed by atoms with E-state index in [4.69, 9.17) is 5.11 Å². The van der Waals surface area contributed by atoms with Gasteiger partial charge in [-0.05, 0) is 50.4 Å². The second-order valence-electron chi connectivity index (χ2n) is 5.68. The lowest BCUT2D eigenvalue weighted by Crippen LogP contribution is -2.20. The van der Waals surface area contributed by atoms with Crippen molar-refractivity contribution >= 4 is 0 Å². The highest BCUT2D eigenvalue weighted by Gasteiger charge is 2.13. The zero-order chi connectivity index (χ0) is 13.5. The van der Waals surface area contributed by atoms with Crippen molar-refractivity contribution in [3.05, 3.63) is 35.4 Å².